The number of nitrogens with two attached hydrogens (primary N) is 1. The third-order valence-electron chi connectivity index (χ3n) is 2.17. The summed E-state index contributed by atoms with van der Waals surface area (Å²) in [6.45, 7) is 4.97. The number of halogens is 1. The molecule has 0 aliphatic carbocycles. The molecule has 0 spiro atoms. The van der Waals surface area contributed by atoms with Gasteiger partial charge in [-0.3, -0.25) is 0 Å². The third kappa shape index (κ3) is 4.19. The van der Waals surface area contributed by atoms with Crippen molar-refractivity contribution in [1.82, 2.24) is 0 Å². The van der Waals surface area contributed by atoms with Crippen molar-refractivity contribution in [3.63, 3.8) is 0 Å². The first-order chi connectivity index (χ1) is 7.09. The molecule has 0 aliphatic heterocycles. The number of anilines is 1. The molecule has 0 aliphatic rings. The monoisotopic (exact) mass is 211 g/mol. The molecule has 0 saturated heterocycles. The van der Waals surface area contributed by atoms with Crippen LogP contribution >= 0.6 is 0 Å². The maximum atomic E-state index is 13.0. The number of ether oxygens (including phenoxy) is 1. The van der Waals surface area contributed by atoms with E-state index >= 15 is 0 Å². The molecule has 0 amide bonds. The molecule has 1 rings (SSSR count). The van der Waals surface area contributed by atoms with Crippen LogP contribution in [0.25, 0.3) is 0 Å². The second-order valence-corrected chi connectivity index (χ2v) is 4.07. The molecule has 0 aromatic heterocycles. The number of hydrogen-bond donors (Lipinski definition) is 1. The Kier molecular flexibility index (Phi) is 4.40. The Morgan fingerprint density at radius 3 is 2.73 bits per heavy atom. The zero-order valence-corrected chi connectivity index (χ0v) is 9.29. The van der Waals surface area contributed by atoms with Gasteiger partial charge in [0.25, 0.3) is 0 Å². The van der Waals surface area contributed by atoms with Gasteiger partial charge in [-0.05, 0) is 30.9 Å². The molecule has 0 atom stereocenters. The van der Waals surface area contributed by atoms with Gasteiger partial charge in [0.2, 0.25) is 0 Å². The summed E-state index contributed by atoms with van der Waals surface area (Å²) in [5.41, 5.74) is 5.51. The van der Waals surface area contributed by atoms with Crippen molar-refractivity contribution in [2.75, 3.05) is 12.3 Å². The molecule has 0 saturated carbocycles. The minimum absolute atomic E-state index is 0.157. The molecule has 2 nitrogen and oxygen atoms in total. The highest BCUT2D eigenvalue weighted by Crippen LogP contribution is 2.18. The lowest BCUT2D eigenvalue weighted by Gasteiger charge is -2.08. The summed E-state index contributed by atoms with van der Waals surface area (Å²) in [4.78, 5) is 0. The van der Waals surface area contributed by atoms with Gasteiger partial charge in [0, 0.05) is 6.07 Å². The predicted molar refractivity (Wildman–Crippen MR) is 60.4 cm³/mol. The van der Waals surface area contributed by atoms with Crippen molar-refractivity contribution < 1.29 is 9.13 Å². The van der Waals surface area contributed by atoms with Crippen LogP contribution in [0.1, 0.15) is 26.7 Å². The Bertz CT molecular complexity index is 312. The van der Waals surface area contributed by atoms with Crippen LogP contribution < -0.4 is 10.5 Å². The maximum absolute atomic E-state index is 13.0. The highest BCUT2D eigenvalue weighted by molar-refractivity contribution is 5.43. The zero-order valence-electron chi connectivity index (χ0n) is 9.29. The van der Waals surface area contributed by atoms with E-state index in [9.17, 15) is 4.39 Å². The Balaban J connectivity index is 2.35. The first-order valence-corrected chi connectivity index (χ1v) is 5.27. The minimum Gasteiger partial charge on any atom is -0.493 e. The van der Waals surface area contributed by atoms with Crippen LogP contribution in [0.4, 0.5) is 10.1 Å². The standard InChI is InChI=1S/C12H18FNO/c1-9(2)4-3-7-15-10-5-6-12(14)11(13)8-10/h5-6,8-9H,3-4,7,14H2,1-2H3. The fourth-order valence-corrected chi connectivity index (χ4v) is 1.28. The van der Waals surface area contributed by atoms with E-state index in [4.69, 9.17) is 10.5 Å². The van der Waals surface area contributed by atoms with Crippen molar-refractivity contribution in [2.24, 2.45) is 5.92 Å². The molecule has 0 fully saturated rings. The molecule has 3 heteroatoms. The molecular formula is C12H18FNO. The minimum atomic E-state index is -0.420. The second kappa shape index (κ2) is 5.59. The van der Waals surface area contributed by atoms with Gasteiger partial charge in [-0.25, -0.2) is 4.39 Å². The van der Waals surface area contributed by atoms with Gasteiger partial charge in [-0.2, -0.15) is 0 Å². The van der Waals surface area contributed by atoms with E-state index in [1.54, 1.807) is 6.07 Å². The second-order valence-electron chi connectivity index (χ2n) is 4.07. The van der Waals surface area contributed by atoms with Crippen LogP contribution in [0, 0.1) is 11.7 Å². The quantitative estimate of drug-likeness (QED) is 0.599. The highest BCUT2D eigenvalue weighted by Gasteiger charge is 2.01. The van der Waals surface area contributed by atoms with Crippen LogP contribution in [0.15, 0.2) is 18.2 Å². The summed E-state index contributed by atoms with van der Waals surface area (Å²) < 4.78 is 18.4. The van der Waals surface area contributed by atoms with Gasteiger partial charge >= 0.3 is 0 Å². The van der Waals surface area contributed by atoms with E-state index in [0.717, 1.165) is 12.8 Å². The molecule has 0 heterocycles. The topological polar surface area (TPSA) is 35.2 Å². The molecule has 2 N–H and O–H groups in total. The van der Waals surface area contributed by atoms with Gasteiger partial charge in [0.1, 0.15) is 11.6 Å². The van der Waals surface area contributed by atoms with Crippen molar-refractivity contribution >= 4 is 5.69 Å². The number of benzene rings is 1. The summed E-state index contributed by atoms with van der Waals surface area (Å²) in [5, 5.41) is 0. The van der Waals surface area contributed by atoms with E-state index in [2.05, 4.69) is 13.8 Å². The Hall–Kier alpha value is -1.25. The lowest BCUT2D eigenvalue weighted by Crippen LogP contribution is -2.00. The van der Waals surface area contributed by atoms with E-state index in [-0.39, 0.29) is 5.69 Å². The van der Waals surface area contributed by atoms with E-state index in [1.807, 2.05) is 0 Å². The van der Waals surface area contributed by atoms with Gasteiger partial charge < -0.3 is 10.5 Å². The zero-order chi connectivity index (χ0) is 11.3. The van der Waals surface area contributed by atoms with Gasteiger partial charge in [-0.15, -0.1) is 0 Å². The number of nitrogen functional groups attached to an aromatic ring is 1. The summed E-state index contributed by atoms with van der Waals surface area (Å²) in [7, 11) is 0. The fourth-order valence-electron chi connectivity index (χ4n) is 1.28. The lowest BCUT2D eigenvalue weighted by atomic mass is 10.1. The molecule has 0 radical (unpaired) electrons. The Labute approximate surface area is 90.2 Å². The van der Waals surface area contributed by atoms with Gasteiger partial charge in [-0.1, -0.05) is 13.8 Å². The average Bonchev–Trinajstić information content (AvgIpc) is 2.18. The van der Waals surface area contributed by atoms with Gasteiger partial charge in [0.15, 0.2) is 0 Å². The van der Waals surface area contributed by atoms with E-state index < -0.39 is 5.82 Å². The third-order valence-corrected chi connectivity index (χ3v) is 2.17. The molecule has 1 aromatic rings. The van der Waals surface area contributed by atoms with Crippen molar-refractivity contribution in [2.45, 2.75) is 26.7 Å². The molecule has 1 aromatic carbocycles. The molecular weight excluding hydrogens is 193 g/mol. The largest absolute Gasteiger partial charge is 0.493 e. The molecule has 15 heavy (non-hydrogen) atoms. The smallest absolute Gasteiger partial charge is 0.149 e. The fraction of sp³-hybridized carbons (Fsp3) is 0.500. The average molecular weight is 211 g/mol. The summed E-state index contributed by atoms with van der Waals surface area (Å²) in [6, 6.07) is 4.53. The first-order valence-electron chi connectivity index (χ1n) is 5.27. The van der Waals surface area contributed by atoms with Crippen LogP contribution in [0.2, 0.25) is 0 Å². The lowest BCUT2D eigenvalue weighted by molar-refractivity contribution is 0.296. The van der Waals surface area contributed by atoms with Crippen LogP contribution in [-0.4, -0.2) is 6.61 Å². The normalized spacial score (nSPS) is 10.7. The van der Waals surface area contributed by atoms with Crippen molar-refractivity contribution in [1.29, 1.82) is 0 Å². The van der Waals surface area contributed by atoms with Crippen LogP contribution in [-0.2, 0) is 0 Å². The van der Waals surface area contributed by atoms with E-state index in [1.165, 1.54) is 12.1 Å². The molecule has 0 unspecified atom stereocenters. The summed E-state index contributed by atoms with van der Waals surface area (Å²) >= 11 is 0. The number of rotatable bonds is 5. The highest BCUT2D eigenvalue weighted by atomic mass is 19.1. The molecule has 84 valence electrons. The van der Waals surface area contributed by atoms with Crippen LogP contribution in [0.3, 0.4) is 0 Å². The summed E-state index contributed by atoms with van der Waals surface area (Å²) in [6.07, 6.45) is 2.11. The predicted octanol–water partition coefficient (Wildman–Crippen LogP) is 3.22. The van der Waals surface area contributed by atoms with E-state index in [0.29, 0.717) is 18.3 Å². The van der Waals surface area contributed by atoms with Crippen LogP contribution in [0.5, 0.6) is 5.75 Å². The van der Waals surface area contributed by atoms with Crippen molar-refractivity contribution in [3.8, 4) is 5.75 Å². The Morgan fingerprint density at radius 2 is 2.13 bits per heavy atom. The van der Waals surface area contributed by atoms with Crippen molar-refractivity contribution in [3.05, 3.63) is 24.0 Å². The SMILES string of the molecule is CC(C)CCCOc1ccc(N)c(F)c1. The maximum Gasteiger partial charge on any atom is 0.149 e. The summed E-state index contributed by atoms with van der Waals surface area (Å²) in [5.74, 6) is 0.804. The molecule has 0 bridgehead atoms. The number of hydrogen-bond acceptors (Lipinski definition) is 2. The first kappa shape index (κ1) is 11.8. The van der Waals surface area contributed by atoms with Gasteiger partial charge in [0.05, 0.1) is 12.3 Å². The Morgan fingerprint density at radius 1 is 1.40 bits per heavy atom.